The molecule has 0 bridgehead atoms. The number of para-hydroxylation sites is 2. The summed E-state index contributed by atoms with van der Waals surface area (Å²) in [4.78, 5) is 5.04. The number of rotatable bonds is 5. The van der Waals surface area contributed by atoms with E-state index in [0.29, 0.717) is 0 Å². The van der Waals surface area contributed by atoms with E-state index >= 15 is 0 Å². The summed E-state index contributed by atoms with van der Waals surface area (Å²) >= 11 is 0. The van der Waals surface area contributed by atoms with E-state index in [1.807, 2.05) is 6.07 Å². The van der Waals surface area contributed by atoms with Crippen LogP contribution in [0.3, 0.4) is 0 Å². The molecule has 0 saturated heterocycles. The maximum absolute atomic E-state index is 6.55. The van der Waals surface area contributed by atoms with Gasteiger partial charge in [-0.05, 0) is 80.4 Å². The predicted octanol–water partition coefficient (Wildman–Crippen LogP) is 10.6. The Hall–Kier alpha value is -6.95. The van der Waals surface area contributed by atoms with E-state index in [2.05, 4.69) is 192 Å². The Morgan fingerprint density at radius 1 is 0.527 bits per heavy atom. The number of dihydropyridines is 1. The Morgan fingerprint density at radius 3 is 1.84 bits per heavy atom. The van der Waals surface area contributed by atoms with Crippen molar-refractivity contribution in [3.8, 4) is 44.9 Å². The number of amidine groups is 1. The third-order valence-corrected chi connectivity index (χ3v) is 11.4. The number of allylic oxidation sites excluding steroid dienone is 2. The topological polar surface area (TPSA) is 57.7 Å². The number of hydrogen-bond donors (Lipinski definition) is 3. The Balaban J connectivity index is 0.944. The van der Waals surface area contributed by atoms with Gasteiger partial charge in [-0.15, -0.1) is 0 Å². The second kappa shape index (κ2) is 12.6. The first-order valence-electron chi connectivity index (χ1n) is 18.9. The molecule has 1 spiro atoms. The van der Waals surface area contributed by atoms with Crippen molar-refractivity contribution in [3.63, 3.8) is 0 Å². The molecule has 262 valence electrons. The Morgan fingerprint density at radius 2 is 1.11 bits per heavy atom. The maximum atomic E-state index is 6.55. The summed E-state index contributed by atoms with van der Waals surface area (Å²) in [6, 6.07) is 60.6. The van der Waals surface area contributed by atoms with E-state index in [0.717, 1.165) is 46.1 Å². The number of nitrogens with zero attached hydrogens (tertiary/aromatic N) is 1. The number of nitrogens with one attached hydrogen (secondary N) is 3. The van der Waals surface area contributed by atoms with Gasteiger partial charge in [0.25, 0.3) is 0 Å². The standard InChI is InChI=1S/C50H36N4O/c1-2-11-32(12-3-1)33-22-24-34(25-23-33)48-52-49(54-53-48)39-16-9-15-37(30-39)35-13-8-14-36(29-35)38-26-27-40-44(31-38)50(43-19-10-28-51-47(40)43)41-17-4-6-20-45(41)55-46-21-7-5-18-42(46)50/h1-27,29-31,48,51,53H,28H2,(H,52,54). The third-order valence-electron chi connectivity index (χ3n) is 11.4. The van der Waals surface area contributed by atoms with Crippen LogP contribution in [0.1, 0.15) is 39.5 Å². The van der Waals surface area contributed by atoms with Gasteiger partial charge in [0.2, 0.25) is 0 Å². The molecule has 4 aliphatic rings. The van der Waals surface area contributed by atoms with E-state index in [4.69, 9.17) is 9.73 Å². The zero-order chi connectivity index (χ0) is 36.3. The fourth-order valence-corrected chi connectivity index (χ4v) is 8.89. The lowest BCUT2D eigenvalue weighted by Gasteiger charge is -2.40. The van der Waals surface area contributed by atoms with Crippen LogP contribution in [-0.2, 0) is 5.41 Å². The molecule has 55 heavy (non-hydrogen) atoms. The molecule has 7 aromatic carbocycles. The molecule has 0 saturated carbocycles. The molecule has 11 rings (SSSR count). The predicted molar refractivity (Wildman–Crippen MR) is 222 cm³/mol. The van der Waals surface area contributed by atoms with Crippen molar-refractivity contribution in [1.29, 1.82) is 0 Å². The molecule has 0 aromatic heterocycles. The van der Waals surface area contributed by atoms with Crippen molar-refractivity contribution in [2.24, 2.45) is 4.99 Å². The van der Waals surface area contributed by atoms with E-state index in [1.165, 1.54) is 55.8 Å². The summed E-state index contributed by atoms with van der Waals surface area (Å²) < 4.78 is 6.55. The second-order valence-electron chi connectivity index (χ2n) is 14.5. The second-order valence-corrected chi connectivity index (χ2v) is 14.5. The van der Waals surface area contributed by atoms with Crippen molar-refractivity contribution in [2.45, 2.75) is 11.6 Å². The number of hydrogen-bond acceptors (Lipinski definition) is 5. The molecule has 0 radical (unpaired) electrons. The highest BCUT2D eigenvalue weighted by Gasteiger charge is 2.52. The average molecular weight is 709 g/mol. The minimum Gasteiger partial charge on any atom is -0.457 e. The Bertz CT molecular complexity index is 2700. The van der Waals surface area contributed by atoms with Gasteiger partial charge in [0, 0.05) is 34.5 Å². The van der Waals surface area contributed by atoms with Gasteiger partial charge in [0.1, 0.15) is 23.5 Å². The van der Waals surface area contributed by atoms with Gasteiger partial charge in [-0.2, -0.15) is 0 Å². The highest BCUT2D eigenvalue weighted by atomic mass is 16.5. The average Bonchev–Trinajstić information content (AvgIpc) is 3.87. The molecule has 5 nitrogen and oxygen atoms in total. The summed E-state index contributed by atoms with van der Waals surface area (Å²) in [6.07, 6.45) is 4.38. The highest BCUT2D eigenvalue weighted by Crippen LogP contribution is 2.61. The minimum absolute atomic E-state index is 0.171. The number of benzene rings is 7. The summed E-state index contributed by atoms with van der Waals surface area (Å²) in [5.74, 6) is 2.63. The normalized spacial score (nSPS) is 16.9. The van der Waals surface area contributed by atoms with Crippen molar-refractivity contribution in [2.75, 3.05) is 6.54 Å². The van der Waals surface area contributed by atoms with Crippen LogP contribution in [0.5, 0.6) is 11.5 Å². The monoisotopic (exact) mass is 708 g/mol. The van der Waals surface area contributed by atoms with Crippen LogP contribution < -0.4 is 20.9 Å². The summed E-state index contributed by atoms with van der Waals surface area (Å²) in [5.41, 5.74) is 22.7. The Labute approximate surface area is 320 Å². The molecule has 3 N–H and O–H groups in total. The lowest BCUT2D eigenvalue weighted by molar-refractivity contribution is 0.435. The molecule has 1 aliphatic carbocycles. The molecule has 0 fully saturated rings. The summed E-state index contributed by atoms with van der Waals surface area (Å²) in [5, 5.41) is 3.74. The number of fused-ring (bicyclic) bond motifs is 8. The zero-order valence-electron chi connectivity index (χ0n) is 30.0. The highest BCUT2D eigenvalue weighted by molar-refractivity contribution is 6.00. The van der Waals surface area contributed by atoms with Crippen molar-refractivity contribution in [3.05, 3.63) is 221 Å². The van der Waals surface area contributed by atoms with Gasteiger partial charge in [0.05, 0.1) is 5.41 Å². The molecule has 7 aromatic rings. The maximum Gasteiger partial charge on any atom is 0.144 e. The molecular weight excluding hydrogens is 673 g/mol. The first kappa shape index (κ1) is 31.6. The van der Waals surface area contributed by atoms with E-state index in [-0.39, 0.29) is 6.17 Å². The minimum atomic E-state index is -0.507. The number of aliphatic imine (C=N–C) groups is 1. The lowest BCUT2D eigenvalue weighted by atomic mass is 9.65. The number of hydrazine groups is 1. The molecule has 3 heterocycles. The van der Waals surface area contributed by atoms with E-state index < -0.39 is 5.41 Å². The zero-order valence-corrected chi connectivity index (χ0v) is 30.0. The molecule has 0 amide bonds. The first-order chi connectivity index (χ1) is 27.2. The van der Waals surface area contributed by atoms with Crippen molar-refractivity contribution < 1.29 is 4.74 Å². The van der Waals surface area contributed by atoms with Crippen LogP contribution in [0.25, 0.3) is 39.1 Å². The molecule has 5 heteroatoms. The largest absolute Gasteiger partial charge is 0.457 e. The van der Waals surface area contributed by atoms with Crippen LogP contribution in [0.15, 0.2) is 193 Å². The fraction of sp³-hybridized carbons (Fsp3) is 0.0600. The van der Waals surface area contributed by atoms with Gasteiger partial charge in [0.15, 0.2) is 0 Å². The molecule has 3 aliphatic heterocycles. The van der Waals surface area contributed by atoms with Gasteiger partial charge in [-0.1, -0.05) is 152 Å². The number of ether oxygens (including phenoxy) is 1. The quantitative estimate of drug-likeness (QED) is 0.167. The van der Waals surface area contributed by atoms with Gasteiger partial charge >= 0.3 is 0 Å². The van der Waals surface area contributed by atoms with Crippen LogP contribution in [0.4, 0.5) is 0 Å². The van der Waals surface area contributed by atoms with E-state index in [9.17, 15) is 0 Å². The summed E-state index contributed by atoms with van der Waals surface area (Å²) in [7, 11) is 0. The van der Waals surface area contributed by atoms with Gasteiger partial charge in [-0.3, -0.25) is 0 Å². The van der Waals surface area contributed by atoms with Crippen LogP contribution >= 0.6 is 0 Å². The fourth-order valence-electron chi connectivity index (χ4n) is 8.89. The SMILES string of the molecule is C1=CC2=C(NC1)c1ccc(-c3cccc(-c4cccc(C5=NC(c6ccc(-c7ccccc7)cc6)NN5)c4)c3)cc1C21c2ccccc2Oc2ccccc21. The lowest BCUT2D eigenvalue weighted by Crippen LogP contribution is -2.33. The van der Waals surface area contributed by atoms with Crippen molar-refractivity contribution >= 4 is 11.5 Å². The van der Waals surface area contributed by atoms with Crippen LogP contribution in [0.2, 0.25) is 0 Å². The molecular formula is C50H36N4O. The van der Waals surface area contributed by atoms with E-state index in [1.54, 1.807) is 0 Å². The summed E-state index contributed by atoms with van der Waals surface area (Å²) in [6.45, 7) is 0.803. The van der Waals surface area contributed by atoms with Crippen LogP contribution in [-0.4, -0.2) is 12.4 Å². The Kier molecular flexibility index (Phi) is 7.22. The van der Waals surface area contributed by atoms with Crippen molar-refractivity contribution in [1.82, 2.24) is 16.2 Å². The molecule has 1 unspecified atom stereocenters. The third kappa shape index (κ3) is 5.01. The van der Waals surface area contributed by atoms with Gasteiger partial charge < -0.3 is 15.5 Å². The van der Waals surface area contributed by atoms with Gasteiger partial charge in [-0.25, -0.2) is 10.4 Å². The van der Waals surface area contributed by atoms with Crippen LogP contribution in [0, 0.1) is 0 Å². The molecule has 1 atom stereocenters. The first-order valence-corrected chi connectivity index (χ1v) is 18.9. The smallest absolute Gasteiger partial charge is 0.144 e.